The first-order chi connectivity index (χ1) is 13.0. The molecule has 0 bridgehead atoms. The Hall–Kier alpha value is -3.62. The van der Waals surface area contributed by atoms with Gasteiger partial charge in [-0.25, -0.2) is 0 Å². The summed E-state index contributed by atoms with van der Waals surface area (Å²) in [6, 6.07) is 8.98. The van der Waals surface area contributed by atoms with Gasteiger partial charge in [0.05, 0.1) is 18.5 Å². The number of H-pyrrole nitrogens is 1. The number of nitrogens with one attached hydrogen (secondary N) is 3. The van der Waals surface area contributed by atoms with E-state index in [2.05, 4.69) is 25.9 Å². The molecule has 3 N–H and O–H groups in total. The van der Waals surface area contributed by atoms with Gasteiger partial charge in [0.1, 0.15) is 11.4 Å². The first kappa shape index (κ1) is 18.2. The largest absolute Gasteiger partial charge is 0.497 e. The summed E-state index contributed by atoms with van der Waals surface area (Å²) < 4.78 is 6.71. The summed E-state index contributed by atoms with van der Waals surface area (Å²) in [5.74, 6) is -0.0500. The molecule has 0 fully saturated rings. The highest BCUT2D eigenvalue weighted by molar-refractivity contribution is 6.07. The Kier molecular flexibility index (Phi) is 5.20. The molecule has 0 spiro atoms. The van der Waals surface area contributed by atoms with E-state index in [1.807, 2.05) is 31.2 Å². The van der Waals surface area contributed by atoms with Crippen molar-refractivity contribution in [3.05, 3.63) is 47.9 Å². The number of amides is 2. The molecular weight excluding hydrogens is 348 g/mol. The average molecular weight is 368 g/mol. The summed E-state index contributed by atoms with van der Waals surface area (Å²) in [4.78, 5) is 24.5. The van der Waals surface area contributed by atoms with Crippen LogP contribution in [0.5, 0.6) is 5.75 Å². The van der Waals surface area contributed by atoms with E-state index in [0.29, 0.717) is 17.9 Å². The van der Waals surface area contributed by atoms with Gasteiger partial charge in [-0.1, -0.05) is 0 Å². The number of methoxy groups -OCH3 is 1. The van der Waals surface area contributed by atoms with E-state index < -0.39 is 5.91 Å². The lowest BCUT2D eigenvalue weighted by Gasteiger charge is -2.02. The minimum absolute atomic E-state index is 0.155. The van der Waals surface area contributed by atoms with Crippen molar-refractivity contribution < 1.29 is 14.3 Å². The fourth-order valence-corrected chi connectivity index (χ4v) is 2.50. The quantitative estimate of drug-likeness (QED) is 0.615. The SMILES string of the molecule is CCn1cc(NC(=O)c2cc(-c3ccc(OC)cc3)n[nH]2)c(C(=O)NC)n1. The van der Waals surface area contributed by atoms with Crippen LogP contribution < -0.4 is 15.4 Å². The first-order valence-electron chi connectivity index (χ1n) is 8.36. The summed E-state index contributed by atoms with van der Waals surface area (Å²) in [6.45, 7) is 2.47. The molecule has 1 aromatic carbocycles. The number of aromatic amines is 1. The Morgan fingerprint density at radius 2 is 1.96 bits per heavy atom. The lowest BCUT2D eigenvalue weighted by Crippen LogP contribution is -2.21. The van der Waals surface area contributed by atoms with Crippen molar-refractivity contribution in [2.45, 2.75) is 13.5 Å². The molecule has 140 valence electrons. The highest BCUT2D eigenvalue weighted by Gasteiger charge is 2.19. The van der Waals surface area contributed by atoms with Crippen LogP contribution in [0.2, 0.25) is 0 Å². The molecule has 3 rings (SSSR count). The maximum Gasteiger partial charge on any atom is 0.273 e. The van der Waals surface area contributed by atoms with Crippen molar-refractivity contribution in [2.75, 3.05) is 19.5 Å². The Balaban J connectivity index is 1.80. The molecule has 0 unspecified atom stereocenters. The van der Waals surface area contributed by atoms with E-state index in [1.165, 1.54) is 7.05 Å². The number of hydrogen-bond acceptors (Lipinski definition) is 5. The second kappa shape index (κ2) is 7.73. The zero-order chi connectivity index (χ0) is 19.4. The Morgan fingerprint density at radius 1 is 1.22 bits per heavy atom. The van der Waals surface area contributed by atoms with Crippen LogP contribution in [0.1, 0.15) is 27.9 Å². The van der Waals surface area contributed by atoms with Crippen molar-refractivity contribution in [3.63, 3.8) is 0 Å². The molecule has 0 aliphatic heterocycles. The van der Waals surface area contributed by atoms with Crippen LogP contribution >= 0.6 is 0 Å². The average Bonchev–Trinajstić information content (AvgIpc) is 3.35. The van der Waals surface area contributed by atoms with Crippen molar-refractivity contribution in [3.8, 4) is 17.0 Å². The van der Waals surface area contributed by atoms with Crippen LogP contribution in [0.4, 0.5) is 5.69 Å². The number of ether oxygens (including phenoxy) is 1. The normalized spacial score (nSPS) is 10.5. The third kappa shape index (κ3) is 3.81. The van der Waals surface area contributed by atoms with Gasteiger partial charge >= 0.3 is 0 Å². The molecule has 3 aromatic rings. The second-order valence-corrected chi connectivity index (χ2v) is 5.68. The van der Waals surface area contributed by atoms with Crippen LogP contribution in [0, 0.1) is 0 Å². The smallest absolute Gasteiger partial charge is 0.273 e. The fraction of sp³-hybridized carbons (Fsp3) is 0.222. The number of carbonyl (C=O) groups excluding carboxylic acids is 2. The van der Waals surface area contributed by atoms with Gasteiger partial charge in [-0.3, -0.25) is 19.4 Å². The Bertz CT molecular complexity index is 958. The molecule has 0 saturated heterocycles. The topological polar surface area (TPSA) is 114 Å². The molecule has 0 atom stereocenters. The maximum absolute atomic E-state index is 12.5. The molecule has 9 nitrogen and oxygen atoms in total. The number of carbonyl (C=O) groups is 2. The van der Waals surface area contributed by atoms with Crippen LogP contribution in [-0.4, -0.2) is 45.9 Å². The highest BCUT2D eigenvalue weighted by atomic mass is 16.5. The Labute approximate surface area is 155 Å². The predicted octanol–water partition coefficient (Wildman–Crippen LogP) is 1.91. The summed E-state index contributed by atoms with van der Waals surface area (Å²) in [5.41, 5.74) is 2.23. The number of aryl methyl sites for hydroxylation is 1. The molecule has 0 aliphatic carbocycles. The van der Waals surface area contributed by atoms with Crippen LogP contribution in [0.3, 0.4) is 0 Å². The van der Waals surface area contributed by atoms with Gasteiger partial charge in [-0.2, -0.15) is 10.2 Å². The third-order valence-electron chi connectivity index (χ3n) is 3.98. The minimum Gasteiger partial charge on any atom is -0.497 e. The minimum atomic E-state index is -0.414. The number of anilines is 1. The third-order valence-corrected chi connectivity index (χ3v) is 3.98. The summed E-state index contributed by atoms with van der Waals surface area (Å²) in [5, 5.41) is 16.3. The lowest BCUT2D eigenvalue weighted by molar-refractivity contribution is 0.0958. The van der Waals surface area contributed by atoms with Crippen LogP contribution in [0.15, 0.2) is 36.5 Å². The zero-order valence-electron chi connectivity index (χ0n) is 15.2. The standard InChI is InChI=1S/C18H20N6O3/c1-4-24-10-15(16(23-24)18(26)19-2)20-17(25)14-9-13(21-22-14)11-5-7-12(27-3)8-6-11/h5-10H,4H2,1-3H3,(H,19,26)(H,20,25)(H,21,22). The molecule has 0 aliphatic rings. The lowest BCUT2D eigenvalue weighted by atomic mass is 10.1. The molecule has 2 aromatic heterocycles. The van der Waals surface area contributed by atoms with E-state index in [-0.39, 0.29) is 17.3 Å². The summed E-state index contributed by atoms with van der Waals surface area (Å²) in [6.07, 6.45) is 1.61. The van der Waals surface area contributed by atoms with E-state index in [4.69, 9.17) is 4.74 Å². The molecule has 27 heavy (non-hydrogen) atoms. The highest BCUT2D eigenvalue weighted by Crippen LogP contribution is 2.22. The number of rotatable bonds is 6. The van der Waals surface area contributed by atoms with Gasteiger partial charge in [0.25, 0.3) is 11.8 Å². The van der Waals surface area contributed by atoms with Gasteiger partial charge in [0, 0.05) is 25.4 Å². The molecule has 2 heterocycles. The van der Waals surface area contributed by atoms with Crippen molar-refractivity contribution in [1.29, 1.82) is 0 Å². The van der Waals surface area contributed by atoms with Gasteiger partial charge in [0.2, 0.25) is 0 Å². The van der Waals surface area contributed by atoms with E-state index in [9.17, 15) is 9.59 Å². The van der Waals surface area contributed by atoms with E-state index in [1.54, 1.807) is 24.1 Å². The number of aromatic nitrogens is 4. The molecule has 0 saturated carbocycles. The van der Waals surface area contributed by atoms with Crippen molar-refractivity contribution in [1.82, 2.24) is 25.3 Å². The number of nitrogens with zero attached hydrogens (tertiary/aromatic N) is 3. The number of benzene rings is 1. The van der Waals surface area contributed by atoms with Gasteiger partial charge < -0.3 is 15.4 Å². The van der Waals surface area contributed by atoms with Crippen LogP contribution in [0.25, 0.3) is 11.3 Å². The first-order valence-corrected chi connectivity index (χ1v) is 8.36. The van der Waals surface area contributed by atoms with E-state index in [0.717, 1.165) is 11.3 Å². The zero-order valence-corrected chi connectivity index (χ0v) is 15.2. The van der Waals surface area contributed by atoms with Gasteiger partial charge in [-0.05, 0) is 37.3 Å². The summed E-state index contributed by atoms with van der Waals surface area (Å²) >= 11 is 0. The fourth-order valence-electron chi connectivity index (χ4n) is 2.50. The number of hydrogen-bond donors (Lipinski definition) is 3. The van der Waals surface area contributed by atoms with Gasteiger partial charge in [0.15, 0.2) is 5.69 Å². The van der Waals surface area contributed by atoms with Gasteiger partial charge in [-0.15, -0.1) is 0 Å². The van der Waals surface area contributed by atoms with Crippen molar-refractivity contribution in [2.24, 2.45) is 0 Å². The maximum atomic E-state index is 12.5. The monoisotopic (exact) mass is 368 g/mol. The molecule has 2 amide bonds. The van der Waals surface area contributed by atoms with E-state index >= 15 is 0 Å². The summed E-state index contributed by atoms with van der Waals surface area (Å²) in [7, 11) is 3.11. The Morgan fingerprint density at radius 3 is 2.59 bits per heavy atom. The molecular formula is C18H20N6O3. The van der Waals surface area contributed by atoms with Crippen LogP contribution in [-0.2, 0) is 6.54 Å². The predicted molar refractivity (Wildman–Crippen MR) is 99.8 cm³/mol. The molecule has 9 heteroatoms. The molecule has 0 radical (unpaired) electrons. The van der Waals surface area contributed by atoms with Crippen molar-refractivity contribution >= 4 is 17.5 Å². The second-order valence-electron chi connectivity index (χ2n) is 5.68.